The average molecular weight is 236 g/mol. The van der Waals surface area contributed by atoms with E-state index in [1.54, 1.807) is 6.33 Å². The minimum absolute atomic E-state index is 0.198. The summed E-state index contributed by atoms with van der Waals surface area (Å²) in [7, 11) is 1.89. The molecule has 0 spiro atoms. The lowest BCUT2D eigenvalue weighted by Gasteiger charge is -2.20. The summed E-state index contributed by atoms with van der Waals surface area (Å²) in [5.74, 6) is 0.198. The van der Waals surface area contributed by atoms with Crippen LogP contribution in [-0.4, -0.2) is 40.0 Å². The maximum absolute atomic E-state index is 12.1. The predicted molar refractivity (Wildman–Crippen MR) is 65.4 cm³/mol. The van der Waals surface area contributed by atoms with Crippen LogP contribution in [0, 0.1) is 0 Å². The van der Waals surface area contributed by atoms with Crippen LogP contribution < -0.4 is 5.32 Å². The number of rotatable bonds is 6. The number of nitrogens with zero attached hydrogens (tertiary/aromatic N) is 3. The van der Waals surface area contributed by atoms with E-state index in [2.05, 4.69) is 10.3 Å². The second kappa shape index (κ2) is 5.31. The monoisotopic (exact) mass is 236 g/mol. The molecule has 1 aliphatic carbocycles. The number of amides is 1. The van der Waals surface area contributed by atoms with Crippen molar-refractivity contribution >= 4 is 5.91 Å². The summed E-state index contributed by atoms with van der Waals surface area (Å²) in [6.07, 6.45) is 5.98. The molecule has 0 bridgehead atoms. The number of imidazole rings is 1. The fourth-order valence-electron chi connectivity index (χ4n) is 2.04. The average Bonchev–Trinajstić information content (AvgIpc) is 3.03. The van der Waals surface area contributed by atoms with E-state index in [-0.39, 0.29) is 5.91 Å². The van der Waals surface area contributed by atoms with Gasteiger partial charge in [0.05, 0.1) is 12.0 Å². The molecule has 1 amide bonds. The number of hydrogen-bond donors (Lipinski definition) is 1. The molecule has 0 unspecified atom stereocenters. The van der Waals surface area contributed by atoms with Crippen molar-refractivity contribution in [1.82, 2.24) is 19.8 Å². The lowest BCUT2D eigenvalue weighted by Crippen LogP contribution is -2.35. The molecule has 0 radical (unpaired) electrons. The van der Waals surface area contributed by atoms with Crippen molar-refractivity contribution in [2.24, 2.45) is 0 Å². The Morgan fingerprint density at radius 3 is 3.00 bits per heavy atom. The van der Waals surface area contributed by atoms with E-state index in [1.165, 1.54) is 0 Å². The fourth-order valence-corrected chi connectivity index (χ4v) is 2.04. The molecule has 94 valence electrons. The summed E-state index contributed by atoms with van der Waals surface area (Å²) in [6.45, 7) is 3.99. The smallest absolute Gasteiger partial charge is 0.242 e. The van der Waals surface area contributed by atoms with Gasteiger partial charge in [-0.2, -0.15) is 0 Å². The lowest BCUT2D eigenvalue weighted by atomic mass is 10.4. The summed E-state index contributed by atoms with van der Waals surface area (Å²) in [4.78, 5) is 18.3. The van der Waals surface area contributed by atoms with Gasteiger partial charge in [-0.3, -0.25) is 4.79 Å². The number of nitrogens with one attached hydrogen (secondary N) is 1. The van der Waals surface area contributed by atoms with Crippen molar-refractivity contribution in [3.05, 3.63) is 18.2 Å². The van der Waals surface area contributed by atoms with Crippen LogP contribution >= 0.6 is 0 Å². The van der Waals surface area contributed by atoms with Gasteiger partial charge in [0.1, 0.15) is 6.54 Å². The molecular weight excluding hydrogens is 216 g/mol. The highest BCUT2D eigenvalue weighted by Gasteiger charge is 2.31. The number of likely N-dealkylation sites (N-methyl/N-ethyl adjacent to an activating group) is 1. The van der Waals surface area contributed by atoms with E-state index < -0.39 is 0 Å². The van der Waals surface area contributed by atoms with Crippen LogP contribution in [0.3, 0.4) is 0 Å². The second-order valence-corrected chi connectivity index (χ2v) is 4.48. The topological polar surface area (TPSA) is 50.2 Å². The first-order chi connectivity index (χ1) is 8.24. The Balaban J connectivity index is 1.92. The van der Waals surface area contributed by atoms with Crippen LogP contribution in [0.5, 0.6) is 0 Å². The van der Waals surface area contributed by atoms with Gasteiger partial charge in [0.25, 0.3) is 0 Å². The summed E-state index contributed by atoms with van der Waals surface area (Å²) in [6, 6.07) is 0.493. The Labute approximate surface area is 102 Å². The van der Waals surface area contributed by atoms with Crippen LogP contribution in [0.2, 0.25) is 0 Å². The molecule has 5 heteroatoms. The van der Waals surface area contributed by atoms with Crippen LogP contribution in [0.1, 0.15) is 25.5 Å². The third-order valence-corrected chi connectivity index (χ3v) is 3.01. The van der Waals surface area contributed by atoms with Gasteiger partial charge in [-0.15, -0.1) is 0 Å². The van der Waals surface area contributed by atoms with Gasteiger partial charge in [-0.25, -0.2) is 4.98 Å². The Kier molecular flexibility index (Phi) is 3.78. The van der Waals surface area contributed by atoms with Gasteiger partial charge in [0, 0.05) is 25.3 Å². The Bertz CT molecular complexity index is 384. The van der Waals surface area contributed by atoms with E-state index in [9.17, 15) is 4.79 Å². The second-order valence-electron chi connectivity index (χ2n) is 4.48. The van der Waals surface area contributed by atoms with Gasteiger partial charge < -0.3 is 14.8 Å². The molecule has 1 aromatic rings. The van der Waals surface area contributed by atoms with Crippen molar-refractivity contribution in [2.75, 3.05) is 13.6 Å². The lowest BCUT2D eigenvalue weighted by molar-refractivity contribution is -0.132. The molecule has 1 saturated carbocycles. The molecule has 0 aromatic carbocycles. The highest BCUT2D eigenvalue weighted by atomic mass is 16.2. The standard InChI is InChI=1S/C12H20N4O/c1-3-16(11-4-5-11)12(17)8-15-7-10(6-13-2)14-9-15/h7,9,11,13H,3-6,8H2,1-2H3. The largest absolute Gasteiger partial charge is 0.338 e. The van der Waals surface area contributed by atoms with E-state index >= 15 is 0 Å². The SMILES string of the molecule is CCN(C(=O)Cn1cnc(CNC)c1)C1CC1. The third kappa shape index (κ3) is 3.06. The zero-order valence-electron chi connectivity index (χ0n) is 10.5. The first-order valence-electron chi connectivity index (χ1n) is 6.19. The highest BCUT2D eigenvalue weighted by Crippen LogP contribution is 2.26. The molecule has 1 fully saturated rings. The first-order valence-corrected chi connectivity index (χ1v) is 6.19. The van der Waals surface area contributed by atoms with E-state index in [4.69, 9.17) is 0 Å². The van der Waals surface area contributed by atoms with Gasteiger partial charge in [-0.1, -0.05) is 0 Å². The summed E-state index contributed by atoms with van der Waals surface area (Å²) < 4.78 is 1.86. The minimum atomic E-state index is 0.198. The molecule has 0 atom stereocenters. The number of carbonyl (C=O) groups excluding carboxylic acids is 1. The molecule has 1 aliphatic rings. The minimum Gasteiger partial charge on any atom is -0.338 e. The molecular formula is C12H20N4O. The van der Waals surface area contributed by atoms with Crippen LogP contribution in [0.15, 0.2) is 12.5 Å². The van der Waals surface area contributed by atoms with Crippen molar-refractivity contribution in [3.8, 4) is 0 Å². The molecule has 1 aromatic heterocycles. The van der Waals surface area contributed by atoms with Gasteiger partial charge in [0.2, 0.25) is 5.91 Å². The van der Waals surface area contributed by atoms with Gasteiger partial charge in [-0.05, 0) is 26.8 Å². The van der Waals surface area contributed by atoms with Crippen LogP contribution in [0.25, 0.3) is 0 Å². The van der Waals surface area contributed by atoms with Crippen LogP contribution in [0.4, 0.5) is 0 Å². The molecule has 1 heterocycles. The maximum atomic E-state index is 12.1. The quantitative estimate of drug-likeness (QED) is 0.787. The van der Waals surface area contributed by atoms with Crippen molar-refractivity contribution in [2.45, 2.75) is 38.9 Å². The molecule has 2 rings (SSSR count). The Morgan fingerprint density at radius 2 is 2.41 bits per heavy atom. The zero-order valence-corrected chi connectivity index (χ0v) is 10.5. The molecule has 0 saturated heterocycles. The van der Waals surface area contributed by atoms with E-state index in [0.717, 1.165) is 31.6 Å². The van der Waals surface area contributed by atoms with E-state index in [0.29, 0.717) is 12.6 Å². The number of aromatic nitrogens is 2. The predicted octanol–water partition coefficient (Wildman–Crippen LogP) is 0.613. The molecule has 1 N–H and O–H groups in total. The third-order valence-electron chi connectivity index (χ3n) is 3.01. The summed E-state index contributed by atoms with van der Waals surface area (Å²) in [5, 5.41) is 3.04. The summed E-state index contributed by atoms with van der Waals surface area (Å²) in [5.41, 5.74) is 0.967. The number of hydrogen-bond acceptors (Lipinski definition) is 3. The zero-order chi connectivity index (χ0) is 12.3. The Morgan fingerprint density at radius 1 is 1.65 bits per heavy atom. The normalized spacial score (nSPS) is 14.9. The van der Waals surface area contributed by atoms with E-state index in [1.807, 2.05) is 29.6 Å². The summed E-state index contributed by atoms with van der Waals surface area (Å²) >= 11 is 0. The van der Waals surface area contributed by atoms with Crippen molar-refractivity contribution < 1.29 is 4.79 Å². The van der Waals surface area contributed by atoms with Crippen LogP contribution in [-0.2, 0) is 17.9 Å². The van der Waals surface area contributed by atoms with Crippen molar-refractivity contribution in [3.63, 3.8) is 0 Å². The fraction of sp³-hybridized carbons (Fsp3) is 0.667. The maximum Gasteiger partial charge on any atom is 0.242 e. The highest BCUT2D eigenvalue weighted by molar-refractivity contribution is 5.76. The Hall–Kier alpha value is -1.36. The van der Waals surface area contributed by atoms with Gasteiger partial charge >= 0.3 is 0 Å². The number of carbonyl (C=O) groups is 1. The first kappa shape index (κ1) is 12.1. The molecule has 0 aliphatic heterocycles. The molecule has 17 heavy (non-hydrogen) atoms. The van der Waals surface area contributed by atoms with Crippen molar-refractivity contribution in [1.29, 1.82) is 0 Å². The molecule has 5 nitrogen and oxygen atoms in total. The van der Waals surface area contributed by atoms with Gasteiger partial charge in [0.15, 0.2) is 0 Å².